The molecule has 0 bridgehead atoms. The maximum atomic E-state index is 6.19. The van der Waals surface area contributed by atoms with E-state index in [1.807, 2.05) is 50.4 Å². The molecule has 2 heterocycles. The summed E-state index contributed by atoms with van der Waals surface area (Å²) >= 11 is 6.04. The number of nitrogen functional groups attached to an aromatic ring is 1. The van der Waals surface area contributed by atoms with E-state index in [4.69, 9.17) is 17.3 Å². The van der Waals surface area contributed by atoms with Crippen LogP contribution in [0, 0.1) is 6.92 Å². The van der Waals surface area contributed by atoms with E-state index in [1.54, 1.807) is 10.9 Å². The van der Waals surface area contributed by atoms with Crippen LogP contribution in [0.5, 0.6) is 0 Å². The fourth-order valence-corrected chi connectivity index (χ4v) is 2.61. The molecular formula is C16H15ClN4. The molecule has 0 aliphatic heterocycles. The molecule has 0 radical (unpaired) electrons. The largest absolute Gasteiger partial charge is 0.383 e. The number of aryl methyl sites for hydroxylation is 2. The molecule has 0 saturated carbocycles. The molecule has 0 saturated heterocycles. The zero-order chi connectivity index (χ0) is 15.0. The van der Waals surface area contributed by atoms with E-state index in [2.05, 4.69) is 10.1 Å². The molecule has 2 aromatic heterocycles. The van der Waals surface area contributed by atoms with Crippen LogP contribution in [0.3, 0.4) is 0 Å². The quantitative estimate of drug-likeness (QED) is 0.785. The summed E-state index contributed by atoms with van der Waals surface area (Å²) in [4.78, 5) is 4.40. The van der Waals surface area contributed by atoms with Gasteiger partial charge in [-0.3, -0.25) is 9.67 Å². The average Bonchev–Trinajstić information content (AvgIpc) is 2.75. The van der Waals surface area contributed by atoms with Crippen LogP contribution in [0.1, 0.15) is 5.56 Å². The number of nitrogens with zero attached hydrogens (tertiary/aromatic N) is 3. The Morgan fingerprint density at radius 2 is 2.00 bits per heavy atom. The van der Waals surface area contributed by atoms with E-state index in [0.717, 1.165) is 28.1 Å². The molecule has 3 aromatic rings. The Morgan fingerprint density at radius 1 is 1.19 bits per heavy atom. The first-order chi connectivity index (χ1) is 10.1. The van der Waals surface area contributed by atoms with Gasteiger partial charge < -0.3 is 5.73 Å². The van der Waals surface area contributed by atoms with Gasteiger partial charge >= 0.3 is 0 Å². The summed E-state index contributed by atoms with van der Waals surface area (Å²) in [6.07, 6.45) is 1.75. The minimum atomic E-state index is 0.595. The molecule has 0 spiro atoms. The van der Waals surface area contributed by atoms with Gasteiger partial charge in [-0.2, -0.15) is 5.10 Å². The lowest BCUT2D eigenvalue weighted by atomic mass is 10.0. The Labute approximate surface area is 128 Å². The second kappa shape index (κ2) is 5.22. The third-order valence-corrected chi connectivity index (χ3v) is 3.69. The maximum Gasteiger partial charge on any atom is 0.131 e. The van der Waals surface area contributed by atoms with Gasteiger partial charge in [0.05, 0.1) is 11.3 Å². The summed E-state index contributed by atoms with van der Waals surface area (Å²) in [5.41, 5.74) is 10.7. The molecule has 0 amide bonds. The van der Waals surface area contributed by atoms with E-state index in [1.165, 1.54) is 0 Å². The lowest BCUT2D eigenvalue weighted by Gasteiger charge is -2.06. The van der Waals surface area contributed by atoms with Gasteiger partial charge in [-0.25, -0.2) is 0 Å². The van der Waals surface area contributed by atoms with Gasteiger partial charge in [0.2, 0.25) is 0 Å². The number of benzene rings is 1. The summed E-state index contributed by atoms with van der Waals surface area (Å²) in [6, 6.07) is 11.5. The average molecular weight is 299 g/mol. The van der Waals surface area contributed by atoms with Crippen LogP contribution in [0.15, 0.2) is 42.6 Å². The summed E-state index contributed by atoms with van der Waals surface area (Å²) in [5, 5.41) is 5.26. The highest BCUT2D eigenvalue weighted by atomic mass is 35.5. The minimum Gasteiger partial charge on any atom is -0.383 e. The molecule has 0 fully saturated rings. The number of anilines is 1. The lowest BCUT2D eigenvalue weighted by molar-refractivity contribution is 0.782. The molecule has 2 N–H and O–H groups in total. The standard InChI is InChI=1S/C16H15ClN4/c1-10-9-11(17)6-7-12(10)15-14(16(18)21(2)20-15)13-5-3-4-8-19-13/h3-9H,18H2,1-2H3. The molecule has 0 atom stereocenters. The number of aromatic nitrogens is 3. The van der Waals surface area contributed by atoms with Gasteiger partial charge in [-0.05, 0) is 36.8 Å². The van der Waals surface area contributed by atoms with Crippen molar-refractivity contribution in [2.24, 2.45) is 7.05 Å². The number of hydrogen-bond donors (Lipinski definition) is 1. The Kier molecular flexibility index (Phi) is 3.39. The van der Waals surface area contributed by atoms with Crippen molar-refractivity contribution in [1.82, 2.24) is 14.8 Å². The molecule has 4 nitrogen and oxygen atoms in total. The van der Waals surface area contributed by atoms with Gasteiger partial charge in [0, 0.05) is 23.8 Å². The number of halogens is 1. The second-order valence-electron chi connectivity index (χ2n) is 4.91. The number of hydrogen-bond acceptors (Lipinski definition) is 3. The van der Waals surface area contributed by atoms with Crippen LogP contribution in [0.4, 0.5) is 5.82 Å². The smallest absolute Gasteiger partial charge is 0.131 e. The Balaban J connectivity index is 2.27. The van der Waals surface area contributed by atoms with Crippen molar-refractivity contribution in [3.63, 3.8) is 0 Å². The molecule has 3 rings (SSSR count). The zero-order valence-corrected chi connectivity index (χ0v) is 12.6. The normalized spacial score (nSPS) is 10.8. The summed E-state index contributed by atoms with van der Waals surface area (Å²) in [5.74, 6) is 0.595. The van der Waals surface area contributed by atoms with Crippen molar-refractivity contribution in [1.29, 1.82) is 0 Å². The van der Waals surface area contributed by atoms with E-state index >= 15 is 0 Å². The first-order valence-electron chi connectivity index (χ1n) is 6.58. The monoisotopic (exact) mass is 298 g/mol. The third kappa shape index (κ3) is 2.38. The topological polar surface area (TPSA) is 56.7 Å². The molecular weight excluding hydrogens is 284 g/mol. The lowest BCUT2D eigenvalue weighted by Crippen LogP contribution is -1.98. The Morgan fingerprint density at radius 3 is 2.67 bits per heavy atom. The highest BCUT2D eigenvalue weighted by molar-refractivity contribution is 6.30. The summed E-state index contributed by atoms with van der Waals surface area (Å²) in [6.45, 7) is 2.01. The van der Waals surface area contributed by atoms with Gasteiger partial charge in [-0.1, -0.05) is 23.7 Å². The second-order valence-corrected chi connectivity index (χ2v) is 5.34. The zero-order valence-electron chi connectivity index (χ0n) is 11.8. The Hall–Kier alpha value is -2.33. The van der Waals surface area contributed by atoms with Crippen LogP contribution in [-0.4, -0.2) is 14.8 Å². The third-order valence-electron chi connectivity index (χ3n) is 3.46. The molecule has 21 heavy (non-hydrogen) atoms. The first-order valence-corrected chi connectivity index (χ1v) is 6.96. The summed E-state index contributed by atoms with van der Waals surface area (Å²) in [7, 11) is 1.83. The molecule has 0 unspecified atom stereocenters. The van der Waals surface area contributed by atoms with Crippen LogP contribution >= 0.6 is 11.6 Å². The van der Waals surface area contributed by atoms with Crippen molar-refractivity contribution in [2.75, 3.05) is 5.73 Å². The fraction of sp³-hybridized carbons (Fsp3) is 0.125. The van der Waals surface area contributed by atoms with Crippen molar-refractivity contribution < 1.29 is 0 Å². The maximum absolute atomic E-state index is 6.19. The van der Waals surface area contributed by atoms with E-state index in [0.29, 0.717) is 10.8 Å². The number of rotatable bonds is 2. The SMILES string of the molecule is Cc1cc(Cl)ccc1-c1nn(C)c(N)c1-c1ccccn1. The van der Waals surface area contributed by atoms with Gasteiger partial charge in [0.15, 0.2) is 0 Å². The van der Waals surface area contributed by atoms with Crippen LogP contribution in [0.25, 0.3) is 22.5 Å². The number of pyridine rings is 1. The van der Waals surface area contributed by atoms with Gasteiger partial charge in [-0.15, -0.1) is 0 Å². The number of nitrogens with two attached hydrogens (primary N) is 1. The molecule has 106 valence electrons. The van der Waals surface area contributed by atoms with Crippen LogP contribution in [0.2, 0.25) is 5.02 Å². The predicted octanol–water partition coefficient (Wildman–Crippen LogP) is 3.69. The molecule has 5 heteroatoms. The van der Waals surface area contributed by atoms with Crippen molar-refractivity contribution in [3.8, 4) is 22.5 Å². The van der Waals surface area contributed by atoms with Crippen molar-refractivity contribution in [3.05, 3.63) is 53.2 Å². The van der Waals surface area contributed by atoms with E-state index in [9.17, 15) is 0 Å². The highest BCUT2D eigenvalue weighted by Crippen LogP contribution is 2.36. The minimum absolute atomic E-state index is 0.595. The van der Waals surface area contributed by atoms with Gasteiger partial charge in [0.1, 0.15) is 11.5 Å². The molecule has 1 aromatic carbocycles. The Bertz CT molecular complexity index is 794. The summed E-state index contributed by atoms with van der Waals surface area (Å²) < 4.78 is 1.67. The van der Waals surface area contributed by atoms with E-state index < -0.39 is 0 Å². The van der Waals surface area contributed by atoms with Crippen molar-refractivity contribution >= 4 is 17.4 Å². The molecule has 0 aliphatic rings. The predicted molar refractivity (Wildman–Crippen MR) is 86.0 cm³/mol. The fourth-order valence-electron chi connectivity index (χ4n) is 2.38. The highest BCUT2D eigenvalue weighted by Gasteiger charge is 2.19. The first kappa shape index (κ1) is 13.6. The van der Waals surface area contributed by atoms with Gasteiger partial charge in [0.25, 0.3) is 0 Å². The molecule has 0 aliphatic carbocycles. The van der Waals surface area contributed by atoms with Crippen LogP contribution in [-0.2, 0) is 7.05 Å². The van der Waals surface area contributed by atoms with E-state index in [-0.39, 0.29) is 0 Å². The van der Waals surface area contributed by atoms with Crippen molar-refractivity contribution in [2.45, 2.75) is 6.92 Å². The van der Waals surface area contributed by atoms with Crippen LogP contribution < -0.4 is 5.73 Å².